The molecule has 0 aromatic heterocycles. The average Bonchev–Trinajstić information content (AvgIpc) is 2.38. The molecule has 0 spiro atoms. The first kappa shape index (κ1) is 14.2. The standard InChI is InChI=1S/C15H24N2O2/c1-3-8-17-10-11(2)19-15-5-4-12(9-13(15)17)14(18)6-7-16/h4-5,9,11,14,18H,3,6-8,10,16H2,1-2H3. The molecule has 2 unspecified atom stereocenters. The summed E-state index contributed by atoms with van der Waals surface area (Å²) in [6.45, 7) is 6.66. The molecule has 1 aliphatic heterocycles. The van der Waals surface area contributed by atoms with Crippen LogP contribution in [0.25, 0.3) is 0 Å². The number of hydrogen-bond acceptors (Lipinski definition) is 4. The molecule has 2 atom stereocenters. The second-order valence-corrected chi connectivity index (χ2v) is 5.19. The Labute approximate surface area is 115 Å². The van der Waals surface area contributed by atoms with E-state index in [1.54, 1.807) is 0 Å². The maximum absolute atomic E-state index is 10.1. The molecule has 0 saturated heterocycles. The van der Waals surface area contributed by atoms with Crippen molar-refractivity contribution in [3.8, 4) is 5.75 Å². The molecule has 0 fully saturated rings. The third kappa shape index (κ3) is 3.19. The van der Waals surface area contributed by atoms with Gasteiger partial charge >= 0.3 is 0 Å². The number of aliphatic hydroxyl groups is 1. The van der Waals surface area contributed by atoms with Crippen molar-refractivity contribution in [2.45, 2.75) is 38.9 Å². The van der Waals surface area contributed by atoms with Crippen molar-refractivity contribution in [1.29, 1.82) is 0 Å². The van der Waals surface area contributed by atoms with Gasteiger partial charge in [0.15, 0.2) is 0 Å². The lowest BCUT2D eigenvalue weighted by atomic mass is 10.0. The Balaban J connectivity index is 2.28. The maximum Gasteiger partial charge on any atom is 0.143 e. The molecule has 0 bridgehead atoms. The molecule has 0 amide bonds. The van der Waals surface area contributed by atoms with Gasteiger partial charge in [-0.25, -0.2) is 0 Å². The number of ether oxygens (including phenoxy) is 1. The molecule has 4 heteroatoms. The van der Waals surface area contributed by atoms with Gasteiger partial charge in [-0.2, -0.15) is 0 Å². The van der Waals surface area contributed by atoms with Gasteiger partial charge in [-0.3, -0.25) is 0 Å². The average molecular weight is 264 g/mol. The number of fused-ring (bicyclic) bond motifs is 1. The van der Waals surface area contributed by atoms with Crippen molar-refractivity contribution < 1.29 is 9.84 Å². The number of hydrogen-bond donors (Lipinski definition) is 2. The summed E-state index contributed by atoms with van der Waals surface area (Å²) in [4.78, 5) is 2.34. The first-order valence-corrected chi connectivity index (χ1v) is 7.09. The number of rotatable bonds is 5. The fourth-order valence-corrected chi connectivity index (χ4v) is 2.56. The van der Waals surface area contributed by atoms with Gasteiger partial charge in [0.1, 0.15) is 11.9 Å². The van der Waals surface area contributed by atoms with Crippen LogP contribution in [0.4, 0.5) is 5.69 Å². The van der Waals surface area contributed by atoms with E-state index in [1.165, 1.54) is 0 Å². The third-order valence-electron chi connectivity index (χ3n) is 3.45. The lowest BCUT2D eigenvalue weighted by Gasteiger charge is -2.35. The summed E-state index contributed by atoms with van der Waals surface area (Å²) in [5.41, 5.74) is 7.51. The molecule has 0 saturated carbocycles. The van der Waals surface area contributed by atoms with E-state index in [9.17, 15) is 5.11 Å². The van der Waals surface area contributed by atoms with Gasteiger partial charge in [-0.15, -0.1) is 0 Å². The van der Waals surface area contributed by atoms with Crippen LogP contribution in [0.5, 0.6) is 5.75 Å². The summed E-state index contributed by atoms with van der Waals surface area (Å²) in [6.07, 6.45) is 1.41. The van der Waals surface area contributed by atoms with Crippen LogP contribution in [0.15, 0.2) is 18.2 Å². The van der Waals surface area contributed by atoms with Crippen LogP contribution in [0.2, 0.25) is 0 Å². The monoisotopic (exact) mass is 264 g/mol. The molecule has 1 aliphatic rings. The molecule has 0 radical (unpaired) electrons. The molecule has 19 heavy (non-hydrogen) atoms. The second kappa shape index (κ2) is 6.26. The van der Waals surface area contributed by atoms with Crippen molar-refractivity contribution >= 4 is 5.69 Å². The predicted molar refractivity (Wildman–Crippen MR) is 77.7 cm³/mol. The molecular formula is C15H24N2O2. The zero-order valence-electron chi connectivity index (χ0n) is 11.8. The fraction of sp³-hybridized carbons (Fsp3) is 0.600. The van der Waals surface area contributed by atoms with Gasteiger partial charge in [0.2, 0.25) is 0 Å². The summed E-state index contributed by atoms with van der Waals surface area (Å²) in [6, 6.07) is 5.93. The third-order valence-corrected chi connectivity index (χ3v) is 3.45. The SMILES string of the molecule is CCCN1CC(C)Oc2ccc(C(O)CCN)cc21. The van der Waals surface area contributed by atoms with Gasteiger partial charge < -0.3 is 20.5 Å². The fourth-order valence-electron chi connectivity index (χ4n) is 2.56. The van der Waals surface area contributed by atoms with Gasteiger partial charge in [0.05, 0.1) is 18.3 Å². The van der Waals surface area contributed by atoms with E-state index in [0.717, 1.165) is 36.5 Å². The van der Waals surface area contributed by atoms with Gasteiger partial charge in [-0.1, -0.05) is 13.0 Å². The number of aliphatic hydroxyl groups excluding tert-OH is 1. The number of benzene rings is 1. The van der Waals surface area contributed by atoms with Crippen LogP contribution < -0.4 is 15.4 Å². The van der Waals surface area contributed by atoms with Gasteiger partial charge in [0, 0.05) is 6.54 Å². The quantitative estimate of drug-likeness (QED) is 0.854. The molecule has 106 valence electrons. The van der Waals surface area contributed by atoms with E-state index in [2.05, 4.69) is 18.7 Å². The van der Waals surface area contributed by atoms with Crippen molar-refractivity contribution in [2.24, 2.45) is 5.73 Å². The highest BCUT2D eigenvalue weighted by molar-refractivity contribution is 5.62. The Kier molecular flexibility index (Phi) is 4.66. The van der Waals surface area contributed by atoms with Crippen LogP contribution in [0.1, 0.15) is 38.4 Å². The summed E-state index contributed by atoms with van der Waals surface area (Å²) in [5, 5.41) is 10.1. The summed E-state index contributed by atoms with van der Waals surface area (Å²) in [7, 11) is 0. The Bertz CT molecular complexity index is 423. The van der Waals surface area contributed by atoms with E-state index in [1.807, 2.05) is 18.2 Å². The van der Waals surface area contributed by atoms with Crippen molar-refractivity contribution in [3.05, 3.63) is 23.8 Å². The van der Waals surface area contributed by atoms with E-state index < -0.39 is 6.10 Å². The predicted octanol–water partition coefficient (Wildman–Crippen LogP) is 2.07. The lowest BCUT2D eigenvalue weighted by molar-refractivity contribution is 0.169. The molecule has 0 aliphatic carbocycles. The van der Waals surface area contributed by atoms with E-state index in [-0.39, 0.29) is 6.10 Å². The number of nitrogens with two attached hydrogens (primary N) is 1. The molecule has 2 rings (SSSR count). The highest BCUT2D eigenvalue weighted by Gasteiger charge is 2.23. The lowest BCUT2D eigenvalue weighted by Crippen LogP contribution is -2.38. The van der Waals surface area contributed by atoms with Crippen molar-refractivity contribution in [3.63, 3.8) is 0 Å². The van der Waals surface area contributed by atoms with Gasteiger partial charge in [0.25, 0.3) is 0 Å². The molecule has 3 N–H and O–H groups in total. The molecule has 1 aromatic rings. The Morgan fingerprint density at radius 2 is 2.32 bits per heavy atom. The van der Waals surface area contributed by atoms with Crippen LogP contribution in [-0.2, 0) is 0 Å². The van der Waals surface area contributed by atoms with Crippen LogP contribution in [-0.4, -0.2) is 30.8 Å². The van der Waals surface area contributed by atoms with Crippen molar-refractivity contribution in [1.82, 2.24) is 0 Å². The molecular weight excluding hydrogens is 240 g/mol. The molecule has 1 heterocycles. The normalized spacial score (nSPS) is 19.8. The highest BCUT2D eigenvalue weighted by atomic mass is 16.5. The zero-order chi connectivity index (χ0) is 13.8. The van der Waals surface area contributed by atoms with Crippen molar-refractivity contribution in [2.75, 3.05) is 24.5 Å². The summed E-state index contributed by atoms with van der Waals surface area (Å²) >= 11 is 0. The minimum atomic E-state index is -0.488. The molecule has 4 nitrogen and oxygen atoms in total. The molecule has 1 aromatic carbocycles. The van der Waals surface area contributed by atoms with E-state index in [4.69, 9.17) is 10.5 Å². The zero-order valence-corrected chi connectivity index (χ0v) is 11.8. The number of nitrogens with zero attached hydrogens (tertiary/aromatic N) is 1. The maximum atomic E-state index is 10.1. The van der Waals surface area contributed by atoms with Gasteiger partial charge in [-0.05, 0) is 44.0 Å². The van der Waals surface area contributed by atoms with E-state index in [0.29, 0.717) is 13.0 Å². The topological polar surface area (TPSA) is 58.7 Å². The van der Waals surface area contributed by atoms with E-state index >= 15 is 0 Å². The minimum absolute atomic E-state index is 0.207. The van der Waals surface area contributed by atoms with Crippen LogP contribution in [0, 0.1) is 0 Å². The Morgan fingerprint density at radius 3 is 3.00 bits per heavy atom. The number of anilines is 1. The summed E-state index contributed by atoms with van der Waals surface area (Å²) in [5.74, 6) is 0.913. The first-order valence-electron chi connectivity index (χ1n) is 7.09. The minimum Gasteiger partial charge on any atom is -0.487 e. The smallest absolute Gasteiger partial charge is 0.143 e. The van der Waals surface area contributed by atoms with Crippen LogP contribution in [0.3, 0.4) is 0 Å². The Morgan fingerprint density at radius 1 is 1.53 bits per heavy atom. The first-order chi connectivity index (χ1) is 9.15. The second-order valence-electron chi connectivity index (χ2n) is 5.19. The summed E-state index contributed by atoms with van der Waals surface area (Å²) < 4.78 is 5.86. The largest absolute Gasteiger partial charge is 0.487 e. The highest BCUT2D eigenvalue weighted by Crippen LogP contribution is 2.36. The van der Waals surface area contributed by atoms with Crippen LogP contribution >= 0.6 is 0 Å². The Hall–Kier alpha value is -1.26.